The van der Waals surface area contributed by atoms with Crippen molar-refractivity contribution < 1.29 is 20.8 Å². The molecule has 0 aliphatic heterocycles. The summed E-state index contributed by atoms with van der Waals surface area (Å²) >= 11 is -0.826. The van der Waals surface area contributed by atoms with E-state index in [0.29, 0.717) is 17.8 Å². The quantitative estimate of drug-likeness (QED) is 0.194. The molecule has 0 heterocycles. The van der Waals surface area contributed by atoms with Crippen molar-refractivity contribution in [1.29, 1.82) is 0 Å². The molecule has 0 aromatic heterocycles. The Kier molecular flexibility index (Phi) is 11.1. The molecule has 3 aromatic rings. The number of halogens is 2. The molecule has 182 valence electrons. The van der Waals surface area contributed by atoms with E-state index in [9.17, 15) is 0 Å². The van der Waals surface area contributed by atoms with Gasteiger partial charge in [-0.15, -0.1) is 0 Å². The first-order chi connectivity index (χ1) is 17.7. The van der Waals surface area contributed by atoms with Crippen molar-refractivity contribution in [2.45, 2.75) is 42.7 Å². The van der Waals surface area contributed by atoms with Gasteiger partial charge in [-0.1, -0.05) is 128 Å². The molecule has 4 heteroatoms. The molecule has 0 nitrogen and oxygen atoms in total. The van der Waals surface area contributed by atoms with E-state index < -0.39 is 20.8 Å². The Hall–Kier alpha value is -1.44. The fourth-order valence-corrected chi connectivity index (χ4v) is 6.69. The minimum atomic E-state index is -0.826. The van der Waals surface area contributed by atoms with Crippen LogP contribution in [0.15, 0.2) is 91.0 Å². The van der Waals surface area contributed by atoms with Crippen LogP contribution in [0.5, 0.6) is 0 Å². The number of hydrogen-bond acceptors (Lipinski definition) is 0. The van der Waals surface area contributed by atoms with Crippen molar-refractivity contribution in [3.8, 4) is 0 Å². The molecule has 3 atom stereocenters. The normalized spacial score (nSPS) is 19.5. The zero-order valence-corrected chi connectivity index (χ0v) is 25.4. The second-order valence-electron chi connectivity index (χ2n) is 9.16. The predicted octanol–water partition coefficient (Wildman–Crippen LogP) is 9.94. The molecule has 0 N–H and O–H groups in total. The van der Waals surface area contributed by atoms with Crippen LogP contribution >= 0.6 is 17.0 Å². The van der Waals surface area contributed by atoms with E-state index in [-0.39, 0.29) is 0 Å². The standard InChI is InChI=1S/C20H18Si.C12H13.2ClH.Zr/c1-3-7-19-15(5-1)9-11-17(19)13-21-14-18-12-10-16-6-2-4-8-20(16)18;1-2-5-10-8-9-11-6-3-4-7-12(10)11;;;/h1-12,17-18H,13-14H2;3-4,6-10H,1-2,5H2;2*1H;/q;-1;;;+2/p-2. The summed E-state index contributed by atoms with van der Waals surface area (Å²) in [5.74, 6) is 1.90. The molecule has 0 fully saturated rings. The van der Waals surface area contributed by atoms with E-state index in [1.54, 1.807) is 0 Å². The molecule has 36 heavy (non-hydrogen) atoms. The summed E-state index contributed by atoms with van der Waals surface area (Å²) in [7, 11) is 10.9. The van der Waals surface area contributed by atoms with Gasteiger partial charge < -0.3 is 6.92 Å². The van der Waals surface area contributed by atoms with Gasteiger partial charge in [0.05, 0.1) is 0 Å². The maximum absolute atomic E-state index is 4.93. The minimum absolute atomic E-state index is 0.624. The topological polar surface area (TPSA) is 0 Å². The van der Waals surface area contributed by atoms with Crippen molar-refractivity contribution in [3.63, 3.8) is 0 Å². The summed E-state index contributed by atoms with van der Waals surface area (Å²) in [5.41, 5.74) is 8.73. The van der Waals surface area contributed by atoms with Gasteiger partial charge in [-0.3, -0.25) is 0 Å². The summed E-state index contributed by atoms with van der Waals surface area (Å²) in [5, 5.41) is 0. The molecule has 3 aliphatic carbocycles. The number of rotatable bonds is 6. The summed E-state index contributed by atoms with van der Waals surface area (Å²) in [6.45, 7) is 3.89. The van der Waals surface area contributed by atoms with Crippen LogP contribution < -0.4 is 0 Å². The second-order valence-corrected chi connectivity index (χ2v) is 14.2. The Bertz CT molecular complexity index is 1150. The molecule has 0 saturated carbocycles. The Labute approximate surface area is 238 Å². The summed E-state index contributed by atoms with van der Waals surface area (Å²) in [6.07, 6.45) is 16.0. The van der Waals surface area contributed by atoms with E-state index >= 15 is 0 Å². The van der Waals surface area contributed by atoms with E-state index in [2.05, 4.69) is 116 Å². The van der Waals surface area contributed by atoms with Crippen LogP contribution in [0.25, 0.3) is 18.2 Å². The number of allylic oxidation sites excluding steroid dienone is 3. The fraction of sp³-hybridized carbons (Fsp3) is 0.219. The van der Waals surface area contributed by atoms with Crippen LogP contribution in [0.1, 0.15) is 64.0 Å². The van der Waals surface area contributed by atoms with Crippen molar-refractivity contribution in [2.75, 3.05) is 0 Å². The van der Waals surface area contributed by atoms with Gasteiger partial charge in [0.15, 0.2) is 0 Å². The number of fused-ring (bicyclic) bond motifs is 3. The molecule has 3 unspecified atom stereocenters. The molecule has 3 aromatic carbocycles. The third-order valence-corrected chi connectivity index (χ3v) is 8.41. The van der Waals surface area contributed by atoms with Gasteiger partial charge in [0.25, 0.3) is 0 Å². The van der Waals surface area contributed by atoms with E-state index in [1.807, 2.05) is 0 Å². The zero-order chi connectivity index (χ0) is 25.2. The Balaban J connectivity index is 0.000000172. The molecule has 2 radical (unpaired) electrons. The average Bonchev–Trinajstić information content (AvgIpc) is 3.63. The van der Waals surface area contributed by atoms with Crippen LogP contribution in [0.4, 0.5) is 0 Å². The molecular formula is C32H31Cl2SiZr-. The summed E-state index contributed by atoms with van der Waals surface area (Å²) in [4.78, 5) is 0. The molecule has 0 bridgehead atoms. The van der Waals surface area contributed by atoms with E-state index in [4.69, 9.17) is 17.0 Å². The molecule has 0 saturated heterocycles. The van der Waals surface area contributed by atoms with Crippen LogP contribution in [0, 0.1) is 6.92 Å². The van der Waals surface area contributed by atoms with Crippen molar-refractivity contribution >= 4 is 44.8 Å². The SMILES string of the molecule is C1=CC(C[Si]CC2C=Cc3ccccc32)c2ccccc21.[CH2-]CCC1C=Cc2ccccc21.[Cl][Zr][Cl]. The summed E-state index contributed by atoms with van der Waals surface area (Å²) < 4.78 is 0. The van der Waals surface area contributed by atoms with Crippen LogP contribution in [0.3, 0.4) is 0 Å². The first-order valence-electron chi connectivity index (χ1n) is 12.5. The van der Waals surface area contributed by atoms with Crippen molar-refractivity contribution in [2.24, 2.45) is 0 Å². The molecular weight excluding hydrogens is 575 g/mol. The van der Waals surface area contributed by atoms with E-state index in [1.165, 1.54) is 51.9 Å². The van der Waals surface area contributed by atoms with Gasteiger partial charge in [0.1, 0.15) is 0 Å². The van der Waals surface area contributed by atoms with Crippen molar-refractivity contribution in [1.82, 2.24) is 0 Å². The van der Waals surface area contributed by atoms with Gasteiger partial charge in [-0.05, 0) is 45.2 Å². The number of benzene rings is 3. The molecule has 0 spiro atoms. The van der Waals surface area contributed by atoms with Crippen LogP contribution in [0.2, 0.25) is 12.1 Å². The third kappa shape index (κ3) is 7.11. The Morgan fingerprint density at radius 2 is 0.972 bits per heavy atom. The first kappa shape index (κ1) is 27.6. The van der Waals surface area contributed by atoms with Gasteiger partial charge >= 0.3 is 37.9 Å². The molecule has 0 amide bonds. The average molecular weight is 606 g/mol. The third-order valence-electron chi connectivity index (χ3n) is 6.95. The van der Waals surface area contributed by atoms with E-state index in [0.717, 1.165) is 15.9 Å². The second kappa shape index (κ2) is 14.5. The first-order valence-corrected chi connectivity index (χ1v) is 20.3. The maximum atomic E-state index is 4.93. The molecule has 3 aliphatic rings. The van der Waals surface area contributed by atoms with Crippen LogP contribution in [-0.4, -0.2) is 9.52 Å². The van der Waals surface area contributed by atoms with Gasteiger partial charge in [-0.25, -0.2) is 0 Å². The van der Waals surface area contributed by atoms with Crippen LogP contribution in [-0.2, 0) is 20.8 Å². The van der Waals surface area contributed by atoms with Gasteiger partial charge in [0.2, 0.25) is 0 Å². The fourth-order valence-electron chi connectivity index (χ4n) is 5.19. The van der Waals surface area contributed by atoms with Gasteiger partial charge in [-0.2, -0.15) is 6.42 Å². The summed E-state index contributed by atoms with van der Waals surface area (Å²) in [6, 6.07) is 28.8. The zero-order valence-electron chi connectivity index (χ0n) is 20.4. The monoisotopic (exact) mass is 603 g/mol. The Morgan fingerprint density at radius 1 is 0.611 bits per heavy atom. The Morgan fingerprint density at radius 3 is 1.39 bits per heavy atom. The van der Waals surface area contributed by atoms with Crippen molar-refractivity contribution in [3.05, 3.63) is 131 Å². The predicted molar refractivity (Wildman–Crippen MR) is 156 cm³/mol. The molecule has 6 rings (SSSR count). The van der Waals surface area contributed by atoms with Gasteiger partial charge in [0, 0.05) is 15.4 Å². The number of hydrogen-bond donors (Lipinski definition) is 0.